The van der Waals surface area contributed by atoms with E-state index in [1.54, 1.807) is 24.3 Å². The van der Waals surface area contributed by atoms with Crippen LogP contribution in [0.2, 0.25) is 0 Å². The van der Waals surface area contributed by atoms with E-state index in [1.165, 1.54) is 4.90 Å². The number of carbonyl (C=O) groups is 3. The van der Waals surface area contributed by atoms with Crippen molar-refractivity contribution in [1.82, 2.24) is 10.2 Å². The van der Waals surface area contributed by atoms with Crippen LogP contribution >= 0.6 is 15.9 Å². The number of alkyl carbamates (subject to hydrolysis) is 1. The molecule has 0 bridgehead atoms. The molecule has 1 N–H and O–H groups in total. The highest BCUT2D eigenvalue weighted by Gasteiger charge is 2.22. The first kappa shape index (κ1) is 15.5. The Morgan fingerprint density at radius 1 is 1.14 bits per heavy atom. The van der Waals surface area contributed by atoms with Crippen molar-refractivity contribution >= 4 is 33.9 Å². The first-order valence-corrected chi connectivity index (χ1v) is 7.39. The van der Waals surface area contributed by atoms with Gasteiger partial charge in [-0.15, -0.1) is 0 Å². The standard InChI is InChI=1S/C14H15BrN2O4/c15-11-5-3-10(4-6-11)12(18)9-16-13(19)21-14(20)17-7-1-2-8-17/h3-6H,1-2,7-9H2,(H,16,19). The normalized spacial score (nSPS) is 13.9. The summed E-state index contributed by atoms with van der Waals surface area (Å²) in [5.74, 6) is -0.256. The minimum Gasteiger partial charge on any atom is -0.359 e. The predicted octanol–water partition coefficient (Wildman–Crippen LogP) is 2.57. The SMILES string of the molecule is O=C(NCC(=O)c1ccc(Br)cc1)OC(=O)N1CCCC1. The van der Waals surface area contributed by atoms with Crippen LogP contribution in [0.5, 0.6) is 0 Å². The number of ether oxygens (including phenoxy) is 1. The van der Waals surface area contributed by atoms with Gasteiger partial charge >= 0.3 is 12.2 Å². The number of ketones is 1. The molecule has 1 saturated heterocycles. The number of likely N-dealkylation sites (tertiary alicyclic amines) is 1. The molecule has 1 aromatic rings. The zero-order valence-electron chi connectivity index (χ0n) is 11.3. The molecule has 0 aliphatic carbocycles. The second kappa shape index (κ2) is 7.21. The lowest BCUT2D eigenvalue weighted by Gasteiger charge is -2.13. The molecule has 0 radical (unpaired) electrons. The van der Waals surface area contributed by atoms with Crippen molar-refractivity contribution in [3.8, 4) is 0 Å². The molecule has 1 aromatic carbocycles. The smallest absolute Gasteiger partial charge is 0.359 e. The molecule has 0 atom stereocenters. The zero-order valence-corrected chi connectivity index (χ0v) is 12.9. The Morgan fingerprint density at radius 2 is 1.76 bits per heavy atom. The van der Waals surface area contributed by atoms with Crippen LogP contribution in [0.3, 0.4) is 0 Å². The summed E-state index contributed by atoms with van der Waals surface area (Å²) in [5.41, 5.74) is 0.476. The molecule has 0 saturated carbocycles. The average molecular weight is 355 g/mol. The van der Waals surface area contributed by atoms with Crippen LogP contribution in [0.1, 0.15) is 23.2 Å². The van der Waals surface area contributed by atoms with Crippen molar-refractivity contribution in [2.45, 2.75) is 12.8 Å². The summed E-state index contributed by atoms with van der Waals surface area (Å²) in [7, 11) is 0. The van der Waals surface area contributed by atoms with Gasteiger partial charge in [-0.05, 0) is 25.0 Å². The number of nitrogens with one attached hydrogen (secondary N) is 1. The minimum absolute atomic E-state index is 0.215. The quantitative estimate of drug-likeness (QED) is 0.668. The van der Waals surface area contributed by atoms with Crippen LogP contribution in [0.4, 0.5) is 9.59 Å². The van der Waals surface area contributed by atoms with Crippen LogP contribution in [0, 0.1) is 0 Å². The summed E-state index contributed by atoms with van der Waals surface area (Å²) < 4.78 is 5.48. The molecule has 1 aliphatic heterocycles. The number of halogens is 1. The molecule has 2 amide bonds. The third kappa shape index (κ3) is 4.56. The fraction of sp³-hybridized carbons (Fsp3) is 0.357. The number of amides is 2. The highest BCUT2D eigenvalue weighted by molar-refractivity contribution is 9.10. The Balaban J connectivity index is 1.76. The van der Waals surface area contributed by atoms with Gasteiger partial charge in [-0.1, -0.05) is 28.1 Å². The molecule has 1 heterocycles. The Labute approximate surface area is 130 Å². The molecule has 21 heavy (non-hydrogen) atoms. The van der Waals surface area contributed by atoms with Gasteiger partial charge in [-0.2, -0.15) is 0 Å². The number of hydrogen-bond donors (Lipinski definition) is 1. The van der Waals surface area contributed by atoms with Crippen LogP contribution in [-0.4, -0.2) is 42.5 Å². The van der Waals surface area contributed by atoms with Crippen LogP contribution in [0.15, 0.2) is 28.7 Å². The summed E-state index contributed by atoms with van der Waals surface area (Å²) in [6.07, 6.45) is 0.260. The minimum atomic E-state index is -0.905. The first-order chi connectivity index (χ1) is 10.1. The highest BCUT2D eigenvalue weighted by Crippen LogP contribution is 2.11. The Morgan fingerprint density at radius 3 is 2.38 bits per heavy atom. The van der Waals surface area contributed by atoms with Crippen molar-refractivity contribution in [1.29, 1.82) is 0 Å². The van der Waals surface area contributed by atoms with Crippen LogP contribution < -0.4 is 5.32 Å². The van der Waals surface area contributed by atoms with E-state index < -0.39 is 12.2 Å². The molecule has 1 aliphatic rings. The Kier molecular flexibility index (Phi) is 5.32. The fourth-order valence-corrected chi connectivity index (χ4v) is 2.23. The van der Waals surface area contributed by atoms with E-state index in [9.17, 15) is 14.4 Å². The fourth-order valence-electron chi connectivity index (χ4n) is 1.97. The van der Waals surface area contributed by atoms with Crippen LogP contribution in [0.25, 0.3) is 0 Å². The molecule has 2 rings (SSSR count). The lowest BCUT2D eigenvalue weighted by molar-refractivity contribution is 0.0973. The maximum Gasteiger partial charge on any atom is 0.418 e. The number of benzene rings is 1. The average Bonchev–Trinajstić information content (AvgIpc) is 3.00. The summed E-state index contributed by atoms with van der Waals surface area (Å²) in [6.45, 7) is 0.988. The lowest BCUT2D eigenvalue weighted by atomic mass is 10.1. The van der Waals surface area contributed by atoms with E-state index in [2.05, 4.69) is 26.0 Å². The lowest BCUT2D eigenvalue weighted by Crippen LogP contribution is -2.36. The van der Waals surface area contributed by atoms with Gasteiger partial charge in [0, 0.05) is 23.1 Å². The second-order valence-corrected chi connectivity index (χ2v) is 5.55. The molecule has 112 valence electrons. The van der Waals surface area contributed by atoms with Gasteiger partial charge in [0.25, 0.3) is 0 Å². The number of hydrogen-bond acceptors (Lipinski definition) is 4. The number of nitrogens with zero attached hydrogens (tertiary/aromatic N) is 1. The van der Waals surface area contributed by atoms with E-state index >= 15 is 0 Å². The largest absolute Gasteiger partial charge is 0.418 e. The van der Waals surface area contributed by atoms with Gasteiger partial charge < -0.3 is 15.0 Å². The molecule has 0 spiro atoms. The molecule has 0 aromatic heterocycles. The van der Waals surface area contributed by atoms with Gasteiger partial charge in [0.15, 0.2) is 5.78 Å². The van der Waals surface area contributed by atoms with Crippen molar-refractivity contribution in [3.63, 3.8) is 0 Å². The number of rotatable bonds is 3. The maximum absolute atomic E-state index is 11.8. The zero-order chi connectivity index (χ0) is 15.2. The van der Waals surface area contributed by atoms with Crippen molar-refractivity contribution in [2.24, 2.45) is 0 Å². The predicted molar refractivity (Wildman–Crippen MR) is 79.2 cm³/mol. The topological polar surface area (TPSA) is 75.7 Å². The first-order valence-electron chi connectivity index (χ1n) is 6.59. The van der Waals surface area contributed by atoms with Crippen molar-refractivity contribution < 1.29 is 19.1 Å². The summed E-state index contributed by atoms with van der Waals surface area (Å²) >= 11 is 3.27. The number of carbonyl (C=O) groups excluding carboxylic acids is 3. The van der Waals surface area contributed by atoms with Gasteiger partial charge in [0.1, 0.15) is 0 Å². The molecule has 1 fully saturated rings. The third-order valence-electron chi connectivity index (χ3n) is 3.10. The Hall–Kier alpha value is -1.89. The van der Waals surface area contributed by atoms with Gasteiger partial charge in [-0.25, -0.2) is 9.59 Å². The summed E-state index contributed by atoms with van der Waals surface area (Å²) in [5, 5.41) is 2.28. The number of Topliss-reactive ketones (excluding diaryl/α,β-unsaturated/α-hetero) is 1. The highest BCUT2D eigenvalue weighted by atomic mass is 79.9. The molecule has 7 heteroatoms. The van der Waals surface area contributed by atoms with E-state index in [-0.39, 0.29) is 12.3 Å². The van der Waals surface area contributed by atoms with Crippen molar-refractivity contribution in [3.05, 3.63) is 34.3 Å². The van der Waals surface area contributed by atoms with Gasteiger partial charge in [-0.3, -0.25) is 4.79 Å². The van der Waals surface area contributed by atoms with Crippen molar-refractivity contribution in [2.75, 3.05) is 19.6 Å². The molecule has 6 nitrogen and oxygen atoms in total. The Bertz CT molecular complexity index is 538. The van der Waals surface area contributed by atoms with E-state index in [0.29, 0.717) is 18.7 Å². The van der Waals surface area contributed by atoms with Gasteiger partial charge in [0.2, 0.25) is 0 Å². The second-order valence-electron chi connectivity index (χ2n) is 4.63. The molecular formula is C14H15BrN2O4. The third-order valence-corrected chi connectivity index (χ3v) is 3.63. The molecular weight excluding hydrogens is 340 g/mol. The van der Waals surface area contributed by atoms with E-state index in [4.69, 9.17) is 0 Å². The summed E-state index contributed by atoms with van der Waals surface area (Å²) in [6, 6.07) is 6.77. The van der Waals surface area contributed by atoms with E-state index in [1.807, 2.05) is 0 Å². The van der Waals surface area contributed by atoms with E-state index in [0.717, 1.165) is 17.3 Å². The summed E-state index contributed by atoms with van der Waals surface area (Å²) in [4.78, 5) is 36.3. The monoisotopic (exact) mass is 354 g/mol. The maximum atomic E-state index is 11.8. The van der Waals surface area contributed by atoms with Gasteiger partial charge in [0.05, 0.1) is 6.54 Å². The van der Waals surface area contributed by atoms with Crippen LogP contribution in [-0.2, 0) is 4.74 Å². The molecule has 0 unspecified atom stereocenters.